The van der Waals surface area contributed by atoms with Crippen molar-refractivity contribution in [1.82, 2.24) is 10.6 Å². The van der Waals surface area contributed by atoms with Crippen LogP contribution in [0.2, 0.25) is 0 Å². The molecule has 1 aliphatic heterocycles. The molecule has 122 valence electrons. The van der Waals surface area contributed by atoms with E-state index in [9.17, 15) is 0 Å². The molecule has 1 saturated heterocycles. The number of nitrogens with one attached hydrogen (secondary N) is 2. The minimum absolute atomic E-state index is 0.303. The second kappa shape index (κ2) is 8.28. The van der Waals surface area contributed by atoms with Crippen molar-refractivity contribution in [2.45, 2.75) is 56.2 Å². The summed E-state index contributed by atoms with van der Waals surface area (Å²) in [6.45, 7) is 5.10. The van der Waals surface area contributed by atoms with E-state index in [-0.39, 0.29) is 0 Å². The Morgan fingerprint density at radius 2 is 1.90 bits per heavy atom. The number of guanidine groups is 1. The molecule has 2 aliphatic rings. The van der Waals surface area contributed by atoms with E-state index >= 15 is 0 Å². The molecule has 0 aromatic heterocycles. The molecule has 0 atom stereocenters. The first-order valence-electron chi connectivity index (χ1n) is 8.27. The van der Waals surface area contributed by atoms with Crippen molar-refractivity contribution in [2.75, 3.05) is 33.1 Å². The van der Waals surface area contributed by atoms with Crippen LogP contribution in [0, 0.1) is 5.92 Å². The quantitative estimate of drug-likeness (QED) is 0.619. The Balaban J connectivity index is 1.79. The van der Waals surface area contributed by atoms with Gasteiger partial charge in [0.25, 0.3) is 0 Å². The van der Waals surface area contributed by atoms with E-state index in [1.165, 1.54) is 25.7 Å². The van der Waals surface area contributed by atoms with E-state index in [2.05, 4.69) is 28.8 Å². The molecule has 5 heteroatoms. The van der Waals surface area contributed by atoms with Crippen LogP contribution in [-0.2, 0) is 4.74 Å². The van der Waals surface area contributed by atoms with Gasteiger partial charge in [-0.25, -0.2) is 0 Å². The lowest BCUT2D eigenvalue weighted by Crippen LogP contribution is -2.50. The van der Waals surface area contributed by atoms with Crippen molar-refractivity contribution in [3.8, 4) is 0 Å². The number of aliphatic imine (C=N–C) groups is 1. The van der Waals surface area contributed by atoms with E-state index < -0.39 is 0 Å². The van der Waals surface area contributed by atoms with Gasteiger partial charge in [0.05, 0.1) is 0 Å². The number of rotatable bonds is 4. The van der Waals surface area contributed by atoms with Gasteiger partial charge in [-0.1, -0.05) is 6.92 Å². The van der Waals surface area contributed by atoms with Crippen LogP contribution in [0.1, 0.15) is 45.4 Å². The lowest BCUT2D eigenvalue weighted by molar-refractivity contribution is 0.0782. The van der Waals surface area contributed by atoms with Crippen LogP contribution < -0.4 is 10.6 Å². The molecule has 2 fully saturated rings. The molecule has 2 rings (SSSR count). The third-order valence-electron chi connectivity index (χ3n) is 5.00. The highest BCUT2D eigenvalue weighted by Crippen LogP contribution is 2.33. The predicted octanol–water partition coefficient (Wildman–Crippen LogP) is 2.64. The molecule has 0 amide bonds. The van der Waals surface area contributed by atoms with E-state index in [1.54, 1.807) is 0 Å². The lowest BCUT2D eigenvalue weighted by Gasteiger charge is -2.36. The highest BCUT2D eigenvalue weighted by atomic mass is 32.2. The van der Waals surface area contributed by atoms with Crippen LogP contribution in [0.4, 0.5) is 0 Å². The molecule has 0 aromatic carbocycles. The Labute approximate surface area is 133 Å². The number of hydrogen-bond acceptors (Lipinski definition) is 3. The molecule has 1 heterocycles. The third kappa shape index (κ3) is 5.06. The minimum atomic E-state index is 0.303. The number of nitrogens with zero attached hydrogens (tertiary/aromatic N) is 1. The summed E-state index contributed by atoms with van der Waals surface area (Å²) in [6.07, 6.45) is 9.66. The second-order valence-electron chi connectivity index (χ2n) is 6.53. The molecule has 2 N–H and O–H groups in total. The van der Waals surface area contributed by atoms with Crippen molar-refractivity contribution in [3.05, 3.63) is 0 Å². The summed E-state index contributed by atoms with van der Waals surface area (Å²) in [5, 5.41) is 7.16. The number of ether oxygens (including phenoxy) is 1. The molecule has 1 aliphatic carbocycles. The first-order valence-corrected chi connectivity index (χ1v) is 9.50. The zero-order chi connectivity index (χ0) is 15.1. The first-order chi connectivity index (χ1) is 10.2. The van der Waals surface area contributed by atoms with Crippen molar-refractivity contribution in [1.29, 1.82) is 0 Å². The molecule has 1 saturated carbocycles. The Morgan fingerprint density at radius 3 is 2.48 bits per heavy atom. The molecule has 0 radical (unpaired) electrons. The van der Waals surface area contributed by atoms with Gasteiger partial charge in [-0.2, -0.15) is 11.8 Å². The van der Waals surface area contributed by atoms with Gasteiger partial charge in [0, 0.05) is 37.6 Å². The summed E-state index contributed by atoms with van der Waals surface area (Å²) in [5.41, 5.74) is 0. The van der Waals surface area contributed by atoms with E-state index in [0.29, 0.717) is 10.8 Å². The van der Waals surface area contributed by atoms with Crippen LogP contribution >= 0.6 is 11.8 Å². The topological polar surface area (TPSA) is 45.7 Å². The monoisotopic (exact) mass is 313 g/mol. The Morgan fingerprint density at radius 1 is 1.24 bits per heavy atom. The van der Waals surface area contributed by atoms with Gasteiger partial charge in [-0.05, 0) is 50.7 Å². The largest absolute Gasteiger partial charge is 0.381 e. The fourth-order valence-electron chi connectivity index (χ4n) is 3.23. The SMILES string of the molecule is CN=C(NCC1(SC)CCOCC1)NC1CCC(C)CC1. The van der Waals surface area contributed by atoms with Crippen LogP contribution in [0.25, 0.3) is 0 Å². The van der Waals surface area contributed by atoms with Crippen molar-refractivity contribution < 1.29 is 4.74 Å². The van der Waals surface area contributed by atoms with Crippen LogP contribution in [-0.4, -0.2) is 49.8 Å². The average Bonchev–Trinajstić information content (AvgIpc) is 2.54. The lowest BCUT2D eigenvalue weighted by atomic mass is 9.87. The Hall–Kier alpha value is -0.420. The zero-order valence-electron chi connectivity index (χ0n) is 13.8. The highest BCUT2D eigenvalue weighted by molar-refractivity contribution is 8.00. The Kier molecular flexibility index (Phi) is 6.68. The van der Waals surface area contributed by atoms with Crippen LogP contribution in [0.15, 0.2) is 4.99 Å². The summed E-state index contributed by atoms with van der Waals surface area (Å²) < 4.78 is 5.81. The van der Waals surface area contributed by atoms with Gasteiger partial charge in [0.1, 0.15) is 0 Å². The van der Waals surface area contributed by atoms with Gasteiger partial charge in [0.2, 0.25) is 0 Å². The van der Waals surface area contributed by atoms with Crippen molar-refractivity contribution in [2.24, 2.45) is 10.9 Å². The molecule has 4 nitrogen and oxygen atoms in total. The number of hydrogen-bond donors (Lipinski definition) is 2. The van der Waals surface area contributed by atoms with Crippen LogP contribution in [0.5, 0.6) is 0 Å². The van der Waals surface area contributed by atoms with Crippen LogP contribution in [0.3, 0.4) is 0 Å². The van der Waals surface area contributed by atoms with Gasteiger partial charge >= 0.3 is 0 Å². The predicted molar refractivity (Wildman–Crippen MR) is 92.2 cm³/mol. The minimum Gasteiger partial charge on any atom is -0.381 e. The third-order valence-corrected chi connectivity index (χ3v) is 6.41. The average molecular weight is 314 g/mol. The van der Waals surface area contributed by atoms with E-state index in [1.807, 2.05) is 18.8 Å². The molecule has 0 spiro atoms. The highest BCUT2D eigenvalue weighted by Gasteiger charge is 2.32. The molecular weight excluding hydrogens is 282 g/mol. The fraction of sp³-hybridized carbons (Fsp3) is 0.938. The van der Waals surface area contributed by atoms with Gasteiger partial charge in [-0.15, -0.1) is 0 Å². The van der Waals surface area contributed by atoms with E-state index in [0.717, 1.165) is 44.5 Å². The first kappa shape index (κ1) is 16.9. The van der Waals surface area contributed by atoms with Crippen molar-refractivity contribution >= 4 is 17.7 Å². The fourth-order valence-corrected chi connectivity index (χ4v) is 4.03. The number of thioether (sulfide) groups is 1. The van der Waals surface area contributed by atoms with E-state index in [4.69, 9.17) is 4.74 Å². The maximum absolute atomic E-state index is 5.50. The normalized spacial score (nSPS) is 30.0. The van der Waals surface area contributed by atoms with Gasteiger partial charge in [-0.3, -0.25) is 4.99 Å². The van der Waals surface area contributed by atoms with Gasteiger partial charge < -0.3 is 15.4 Å². The van der Waals surface area contributed by atoms with Crippen molar-refractivity contribution in [3.63, 3.8) is 0 Å². The Bertz CT molecular complexity index is 334. The zero-order valence-corrected chi connectivity index (χ0v) is 14.6. The summed E-state index contributed by atoms with van der Waals surface area (Å²) in [7, 11) is 1.87. The molecule has 0 unspecified atom stereocenters. The summed E-state index contributed by atoms with van der Waals surface area (Å²) in [6, 6.07) is 0.590. The molecule has 0 bridgehead atoms. The summed E-state index contributed by atoms with van der Waals surface area (Å²) in [5.74, 6) is 1.86. The second-order valence-corrected chi connectivity index (χ2v) is 7.80. The van der Waals surface area contributed by atoms with Gasteiger partial charge in [0.15, 0.2) is 5.96 Å². The smallest absolute Gasteiger partial charge is 0.191 e. The maximum Gasteiger partial charge on any atom is 0.191 e. The summed E-state index contributed by atoms with van der Waals surface area (Å²) in [4.78, 5) is 4.40. The molecular formula is C16H31N3OS. The molecule has 21 heavy (non-hydrogen) atoms. The standard InChI is InChI=1S/C16H31N3OS/c1-13-4-6-14(7-5-13)19-15(17-2)18-12-16(21-3)8-10-20-11-9-16/h13-14H,4-12H2,1-3H3,(H2,17,18,19). The molecule has 0 aromatic rings. The summed E-state index contributed by atoms with van der Waals surface area (Å²) >= 11 is 1.97. The maximum atomic E-state index is 5.50.